The largest absolute Gasteiger partial charge is 0.377 e. The van der Waals surface area contributed by atoms with E-state index in [2.05, 4.69) is 27.3 Å². The Bertz CT molecular complexity index is 1160. The van der Waals surface area contributed by atoms with Gasteiger partial charge in [0.1, 0.15) is 17.2 Å². The lowest BCUT2D eigenvalue weighted by molar-refractivity contribution is 0.107. The van der Waals surface area contributed by atoms with E-state index in [0.29, 0.717) is 41.1 Å². The third kappa shape index (κ3) is 4.22. The minimum absolute atomic E-state index is 0.290. The first-order chi connectivity index (χ1) is 15.9. The van der Waals surface area contributed by atoms with Gasteiger partial charge in [-0.2, -0.15) is 4.98 Å². The molecule has 3 atom stereocenters. The first-order valence-corrected chi connectivity index (χ1v) is 12.0. The number of nitrogens with one attached hydrogen (secondary N) is 1. The van der Waals surface area contributed by atoms with Gasteiger partial charge in [0.05, 0.1) is 11.7 Å². The number of fused-ring (bicyclic) bond motifs is 1. The number of hydrogen-bond acceptors (Lipinski definition) is 7. The fourth-order valence-electron chi connectivity index (χ4n) is 5.10. The fraction of sp³-hybridized carbons (Fsp3) is 0.560. The highest BCUT2D eigenvalue weighted by atomic mass is 19.1. The van der Waals surface area contributed by atoms with Crippen LogP contribution in [0.3, 0.4) is 0 Å². The maximum absolute atomic E-state index is 15.1. The van der Waals surface area contributed by atoms with Gasteiger partial charge in [-0.25, -0.2) is 9.37 Å². The highest BCUT2D eigenvalue weighted by Crippen LogP contribution is 2.39. The summed E-state index contributed by atoms with van der Waals surface area (Å²) in [7, 11) is 0. The maximum atomic E-state index is 15.1. The summed E-state index contributed by atoms with van der Waals surface area (Å²) in [5.74, 6) is 1.83. The van der Waals surface area contributed by atoms with Crippen LogP contribution in [0.4, 0.5) is 10.2 Å². The Morgan fingerprint density at radius 2 is 2.06 bits per heavy atom. The van der Waals surface area contributed by atoms with Crippen molar-refractivity contribution in [3.05, 3.63) is 34.9 Å². The molecule has 0 saturated carbocycles. The zero-order valence-electron chi connectivity index (χ0n) is 19.8. The van der Waals surface area contributed by atoms with Gasteiger partial charge in [0.15, 0.2) is 5.82 Å². The highest BCUT2D eigenvalue weighted by molar-refractivity contribution is 5.93. The Morgan fingerprint density at radius 3 is 2.76 bits per heavy atom. The van der Waals surface area contributed by atoms with Crippen LogP contribution in [0.5, 0.6) is 0 Å². The van der Waals surface area contributed by atoms with Crippen LogP contribution in [-0.2, 0) is 11.2 Å². The number of halogens is 1. The lowest BCUT2D eigenvalue weighted by Gasteiger charge is -2.23. The predicted molar refractivity (Wildman–Crippen MR) is 126 cm³/mol. The summed E-state index contributed by atoms with van der Waals surface area (Å²) in [5.41, 5.74) is 3.04. The van der Waals surface area contributed by atoms with E-state index in [-0.39, 0.29) is 5.82 Å². The van der Waals surface area contributed by atoms with Crippen LogP contribution in [0.1, 0.15) is 43.6 Å². The quantitative estimate of drug-likeness (QED) is 0.600. The Labute approximate surface area is 193 Å². The average molecular weight is 454 g/mol. The van der Waals surface area contributed by atoms with Crippen molar-refractivity contribution in [1.82, 2.24) is 20.4 Å². The molecule has 3 aromatic rings. The lowest BCUT2D eigenvalue weighted by Crippen LogP contribution is -2.40. The van der Waals surface area contributed by atoms with Crippen LogP contribution in [0.15, 0.2) is 16.7 Å². The van der Waals surface area contributed by atoms with E-state index in [0.717, 1.165) is 67.6 Å². The molecule has 0 aliphatic carbocycles. The summed E-state index contributed by atoms with van der Waals surface area (Å²) < 4.78 is 26.5. The minimum Gasteiger partial charge on any atom is -0.377 e. The van der Waals surface area contributed by atoms with Crippen LogP contribution in [0, 0.1) is 25.6 Å². The van der Waals surface area contributed by atoms with Crippen molar-refractivity contribution in [2.24, 2.45) is 5.92 Å². The van der Waals surface area contributed by atoms with Crippen LogP contribution >= 0.6 is 0 Å². The maximum Gasteiger partial charge on any atom is 0.261 e. The Hall–Kier alpha value is -2.58. The second kappa shape index (κ2) is 8.99. The van der Waals surface area contributed by atoms with Crippen LogP contribution in [-0.4, -0.2) is 53.5 Å². The SMILES string of the molecule is CCc1cc(F)c2nc(N3C[C@@H](C)[C@H](NC[C@H]4CCCO4)C3)c(-c3nc(C)no3)c(C)c2c1. The molecule has 33 heavy (non-hydrogen) atoms. The summed E-state index contributed by atoms with van der Waals surface area (Å²) >= 11 is 0. The fourth-order valence-corrected chi connectivity index (χ4v) is 5.10. The molecule has 2 aliphatic rings. The zero-order chi connectivity index (χ0) is 23.1. The summed E-state index contributed by atoms with van der Waals surface area (Å²) in [4.78, 5) is 11.6. The number of nitrogens with zero attached hydrogens (tertiary/aromatic N) is 4. The monoisotopic (exact) mass is 453 g/mol. The standard InChI is InChI=1S/C25H32FN5O2/c1-5-17-9-19-15(3)22(25-28-16(4)30-33-25)24(29-23(19)20(26)10-17)31-12-14(2)21(13-31)27-11-18-7-6-8-32-18/h9-10,14,18,21,27H,5-8,11-13H2,1-4H3/t14-,18-,21-/m1/s1. The number of anilines is 1. The summed E-state index contributed by atoms with van der Waals surface area (Å²) in [5, 5.41) is 8.49. The molecular weight excluding hydrogens is 421 g/mol. The number of aromatic nitrogens is 3. The number of rotatable bonds is 6. The Morgan fingerprint density at radius 1 is 1.21 bits per heavy atom. The van der Waals surface area contributed by atoms with Crippen molar-refractivity contribution >= 4 is 16.7 Å². The van der Waals surface area contributed by atoms with E-state index in [1.165, 1.54) is 0 Å². The summed E-state index contributed by atoms with van der Waals surface area (Å²) in [6.45, 7) is 11.4. The molecular formula is C25H32FN5O2. The van der Waals surface area contributed by atoms with E-state index >= 15 is 4.39 Å². The van der Waals surface area contributed by atoms with Crippen molar-refractivity contribution in [2.75, 3.05) is 31.1 Å². The van der Waals surface area contributed by atoms with Gasteiger partial charge in [-0.15, -0.1) is 0 Å². The van der Waals surface area contributed by atoms with E-state index in [4.69, 9.17) is 14.2 Å². The van der Waals surface area contributed by atoms with Crippen LogP contribution < -0.4 is 10.2 Å². The number of benzene rings is 1. The first-order valence-electron chi connectivity index (χ1n) is 12.0. The molecule has 0 radical (unpaired) electrons. The first kappa shape index (κ1) is 22.2. The predicted octanol–water partition coefficient (Wildman–Crippen LogP) is 4.20. The highest BCUT2D eigenvalue weighted by Gasteiger charge is 2.34. The van der Waals surface area contributed by atoms with Gasteiger partial charge < -0.3 is 19.5 Å². The zero-order valence-corrected chi connectivity index (χ0v) is 19.8. The summed E-state index contributed by atoms with van der Waals surface area (Å²) in [6, 6.07) is 3.92. The molecule has 2 aromatic heterocycles. The smallest absolute Gasteiger partial charge is 0.261 e. The van der Waals surface area contributed by atoms with Gasteiger partial charge in [0.25, 0.3) is 5.89 Å². The molecule has 4 heterocycles. The number of aryl methyl sites for hydroxylation is 3. The molecule has 1 N–H and O–H groups in total. The van der Waals surface area contributed by atoms with Gasteiger partial charge in [0.2, 0.25) is 0 Å². The summed E-state index contributed by atoms with van der Waals surface area (Å²) in [6.07, 6.45) is 3.30. The minimum atomic E-state index is -0.290. The lowest BCUT2D eigenvalue weighted by atomic mass is 10.00. The molecule has 176 valence electrons. The molecule has 0 bridgehead atoms. The van der Waals surface area contributed by atoms with Gasteiger partial charge in [-0.05, 0) is 62.3 Å². The van der Waals surface area contributed by atoms with Gasteiger partial charge in [-0.1, -0.05) is 19.0 Å². The number of ether oxygens (including phenoxy) is 1. The second-order valence-electron chi connectivity index (χ2n) is 9.44. The molecule has 0 spiro atoms. The molecule has 0 amide bonds. The van der Waals surface area contributed by atoms with Gasteiger partial charge in [0, 0.05) is 37.7 Å². The normalized spacial score (nSPS) is 23.2. The van der Waals surface area contributed by atoms with Crippen LogP contribution in [0.2, 0.25) is 0 Å². The van der Waals surface area contributed by atoms with Crippen molar-refractivity contribution < 1.29 is 13.7 Å². The third-order valence-corrected chi connectivity index (χ3v) is 7.04. The molecule has 2 saturated heterocycles. The second-order valence-corrected chi connectivity index (χ2v) is 9.44. The number of pyridine rings is 1. The molecule has 2 fully saturated rings. The van der Waals surface area contributed by atoms with Crippen molar-refractivity contribution in [1.29, 1.82) is 0 Å². The molecule has 0 unspecified atom stereocenters. The Balaban J connectivity index is 1.54. The molecule has 5 rings (SSSR count). The molecule has 7 nitrogen and oxygen atoms in total. The van der Waals surface area contributed by atoms with E-state index in [1.807, 2.05) is 19.9 Å². The van der Waals surface area contributed by atoms with Gasteiger partial charge >= 0.3 is 0 Å². The van der Waals surface area contributed by atoms with E-state index in [9.17, 15) is 0 Å². The van der Waals surface area contributed by atoms with E-state index < -0.39 is 0 Å². The Kier molecular flexibility index (Phi) is 6.05. The molecule has 8 heteroatoms. The average Bonchev–Trinajstić information content (AvgIpc) is 3.54. The van der Waals surface area contributed by atoms with Crippen molar-refractivity contribution in [3.8, 4) is 11.5 Å². The van der Waals surface area contributed by atoms with Gasteiger partial charge in [-0.3, -0.25) is 0 Å². The third-order valence-electron chi connectivity index (χ3n) is 7.04. The van der Waals surface area contributed by atoms with E-state index in [1.54, 1.807) is 13.0 Å². The topological polar surface area (TPSA) is 76.3 Å². The molecule has 1 aromatic carbocycles. The number of hydrogen-bond donors (Lipinski definition) is 1. The molecule has 2 aliphatic heterocycles. The van der Waals surface area contributed by atoms with Crippen molar-refractivity contribution in [2.45, 2.75) is 59.1 Å². The van der Waals surface area contributed by atoms with Crippen molar-refractivity contribution in [3.63, 3.8) is 0 Å². The van der Waals surface area contributed by atoms with Crippen LogP contribution in [0.25, 0.3) is 22.4 Å².